The Kier molecular flexibility index (Phi) is 4.66. The maximum Gasteiger partial charge on any atom is 0.270 e. The van der Waals surface area contributed by atoms with Gasteiger partial charge >= 0.3 is 0 Å². The number of benzene rings is 1. The number of H-pyrrole nitrogens is 1. The average molecular weight is 425 g/mol. The third kappa shape index (κ3) is 3.29. The average Bonchev–Trinajstić information content (AvgIpc) is 3.28. The van der Waals surface area contributed by atoms with Crippen molar-refractivity contribution in [2.45, 2.75) is 6.92 Å². The Morgan fingerprint density at radius 3 is 2.62 bits per heavy atom. The van der Waals surface area contributed by atoms with E-state index in [1.54, 1.807) is 35.7 Å². The van der Waals surface area contributed by atoms with Crippen molar-refractivity contribution in [2.24, 2.45) is 0 Å². The zero-order valence-electron chi connectivity index (χ0n) is 14.9. The number of halogens is 1. The minimum Gasteiger partial charge on any atom is -0.506 e. The molecule has 0 saturated carbocycles. The number of carbonyl (C=O) groups is 1. The van der Waals surface area contributed by atoms with Crippen LogP contribution in [-0.4, -0.2) is 16.0 Å². The summed E-state index contributed by atoms with van der Waals surface area (Å²) in [6.07, 6.45) is 0. The first-order valence-corrected chi connectivity index (χ1v) is 10.0. The summed E-state index contributed by atoms with van der Waals surface area (Å²) >= 11 is 2.55. The summed E-state index contributed by atoms with van der Waals surface area (Å²) in [5.41, 5.74) is 0.428. The predicted molar refractivity (Wildman–Crippen MR) is 112 cm³/mol. The number of fused-ring (bicyclic) bond motifs is 1. The van der Waals surface area contributed by atoms with Crippen LogP contribution in [0.15, 0.2) is 40.5 Å². The van der Waals surface area contributed by atoms with Gasteiger partial charge in [0.05, 0.1) is 5.39 Å². The monoisotopic (exact) mass is 425 g/mol. The number of rotatable bonds is 3. The van der Waals surface area contributed by atoms with Gasteiger partial charge in [-0.1, -0.05) is 0 Å². The Hall–Kier alpha value is -3.48. The van der Waals surface area contributed by atoms with Gasteiger partial charge in [0.15, 0.2) is 5.56 Å². The summed E-state index contributed by atoms with van der Waals surface area (Å²) in [6.45, 7) is 1.35. The molecule has 6 nitrogen and oxygen atoms in total. The molecule has 0 aliphatic heterocycles. The Labute approximate surface area is 171 Å². The molecule has 1 aromatic carbocycles. The number of aromatic hydroxyl groups is 1. The second-order valence-corrected chi connectivity index (χ2v) is 8.15. The lowest BCUT2D eigenvalue weighted by Gasteiger charge is -2.05. The number of aromatic nitrogens is 1. The lowest BCUT2D eigenvalue weighted by Crippen LogP contribution is -2.09. The SMILES string of the molecule is CC(=O)Nc1ccc(-c2ccc(-c3csc4[nH]c(=O)c(C#N)c(O)c34)s2)c(F)c1. The van der Waals surface area contributed by atoms with Crippen molar-refractivity contribution in [3.63, 3.8) is 0 Å². The Morgan fingerprint density at radius 1 is 1.24 bits per heavy atom. The first-order chi connectivity index (χ1) is 13.9. The van der Waals surface area contributed by atoms with Crippen molar-refractivity contribution in [1.82, 2.24) is 4.98 Å². The number of nitrogens with zero attached hydrogens (tertiary/aromatic N) is 1. The van der Waals surface area contributed by atoms with E-state index in [9.17, 15) is 19.1 Å². The number of carbonyl (C=O) groups excluding carboxylic acids is 1. The van der Waals surface area contributed by atoms with Crippen molar-refractivity contribution in [1.29, 1.82) is 5.26 Å². The topological polar surface area (TPSA) is 106 Å². The van der Waals surface area contributed by atoms with Gasteiger partial charge in [0.25, 0.3) is 5.56 Å². The number of nitrogens with one attached hydrogen (secondary N) is 2. The van der Waals surface area contributed by atoms with Gasteiger partial charge in [0, 0.05) is 38.9 Å². The van der Waals surface area contributed by atoms with E-state index in [1.807, 2.05) is 0 Å². The fourth-order valence-corrected chi connectivity index (χ4v) is 5.08. The number of hydrogen-bond acceptors (Lipinski definition) is 6. The molecule has 3 aromatic heterocycles. The van der Waals surface area contributed by atoms with Gasteiger partial charge in [0.1, 0.15) is 22.5 Å². The van der Waals surface area contributed by atoms with Crippen LogP contribution >= 0.6 is 22.7 Å². The maximum atomic E-state index is 14.5. The fraction of sp³-hybridized carbons (Fsp3) is 0.0500. The number of amides is 1. The molecule has 0 unspecified atom stereocenters. The summed E-state index contributed by atoms with van der Waals surface area (Å²) in [5.74, 6) is -1.11. The van der Waals surface area contributed by atoms with Crippen LogP contribution in [0.5, 0.6) is 5.75 Å². The molecule has 0 aliphatic rings. The molecule has 29 heavy (non-hydrogen) atoms. The van der Waals surface area contributed by atoms with Gasteiger partial charge in [-0.25, -0.2) is 4.39 Å². The molecule has 3 heterocycles. The third-order valence-corrected chi connectivity index (χ3v) is 6.30. The molecular weight excluding hydrogens is 413 g/mol. The molecule has 0 bridgehead atoms. The highest BCUT2D eigenvalue weighted by atomic mass is 32.1. The van der Waals surface area contributed by atoms with Gasteiger partial charge in [-0.05, 0) is 30.3 Å². The van der Waals surface area contributed by atoms with Gasteiger partial charge in [0.2, 0.25) is 5.91 Å². The molecule has 3 N–H and O–H groups in total. The van der Waals surface area contributed by atoms with Crippen LogP contribution in [0.25, 0.3) is 31.1 Å². The summed E-state index contributed by atoms with van der Waals surface area (Å²) in [5, 5.41) is 24.2. The highest BCUT2D eigenvalue weighted by Gasteiger charge is 2.19. The number of hydrogen-bond donors (Lipinski definition) is 3. The zero-order chi connectivity index (χ0) is 20.7. The van der Waals surface area contributed by atoms with Crippen molar-refractivity contribution in [2.75, 3.05) is 5.32 Å². The highest BCUT2D eigenvalue weighted by molar-refractivity contribution is 7.20. The molecular formula is C20H12FN3O3S2. The van der Waals surface area contributed by atoms with Gasteiger partial charge in [-0.3, -0.25) is 9.59 Å². The van der Waals surface area contributed by atoms with Gasteiger partial charge in [-0.2, -0.15) is 5.26 Å². The fourth-order valence-electron chi connectivity index (χ4n) is 2.99. The van der Waals surface area contributed by atoms with E-state index in [0.717, 1.165) is 4.88 Å². The molecule has 0 atom stereocenters. The highest BCUT2D eigenvalue weighted by Crippen LogP contribution is 2.43. The zero-order valence-corrected chi connectivity index (χ0v) is 16.5. The van der Waals surface area contributed by atoms with Crippen molar-refractivity contribution in [3.8, 4) is 32.7 Å². The summed E-state index contributed by atoms with van der Waals surface area (Å²) < 4.78 is 14.5. The number of nitriles is 1. The number of pyridine rings is 1. The van der Waals surface area contributed by atoms with E-state index >= 15 is 0 Å². The Balaban J connectivity index is 1.79. The standard InChI is InChI=1S/C20H12FN3O3S2/c1-9(25)23-10-2-3-11(14(21)6-10)15-4-5-16(29-15)13-8-28-20-17(13)18(26)12(7-22)19(27)24-20/h2-6,8H,1H3,(H,23,25)(H2,24,26,27). The summed E-state index contributed by atoms with van der Waals surface area (Å²) in [4.78, 5) is 27.5. The molecule has 9 heteroatoms. The summed E-state index contributed by atoms with van der Waals surface area (Å²) in [7, 11) is 0. The van der Waals surface area contributed by atoms with Crippen LogP contribution in [0.4, 0.5) is 10.1 Å². The van der Waals surface area contributed by atoms with Crippen LogP contribution in [0.3, 0.4) is 0 Å². The minimum absolute atomic E-state index is 0.283. The van der Waals surface area contributed by atoms with E-state index in [0.29, 0.717) is 31.9 Å². The van der Waals surface area contributed by atoms with Gasteiger partial charge in [-0.15, -0.1) is 22.7 Å². The largest absolute Gasteiger partial charge is 0.506 e. The van der Waals surface area contributed by atoms with Crippen molar-refractivity contribution < 1.29 is 14.3 Å². The van der Waals surface area contributed by atoms with Crippen molar-refractivity contribution in [3.05, 3.63) is 57.4 Å². The lowest BCUT2D eigenvalue weighted by molar-refractivity contribution is -0.114. The first kappa shape index (κ1) is 18.9. The van der Waals surface area contributed by atoms with Crippen LogP contribution in [-0.2, 0) is 4.79 Å². The number of aromatic amines is 1. The Morgan fingerprint density at radius 2 is 1.97 bits per heavy atom. The van der Waals surface area contributed by atoms with E-state index in [-0.39, 0.29) is 17.2 Å². The maximum absolute atomic E-state index is 14.5. The first-order valence-electron chi connectivity index (χ1n) is 8.33. The van der Waals surface area contributed by atoms with E-state index in [2.05, 4.69) is 10.3 Å². The molecule has 0 spiro atoms. The van der Waals surface area contributed by atoms with Gasteiger partial charge < -0.3 is 15.4 Å². The van der Waals surface area contributed by atoms with E-state index < -0.39 is 11.4 Å². The van der Waals surface area contributed by atoms with Crippen LogP contribution < -0.4 is 10.9 Å². The third-order valence-electron chi connectivity index (χ3n) is 4.26. The predicted octanol–water partition coefficient (Wildman–Crippen LogP) is 4.66. The number of thiophene rings is 2. The molecule has 0 radical (unpaired) electrons. The second kappa shape index (κ2) is 7.16. The van der Waals surface area contributed by atoms with E-state index in [4.69, 9.17) is 5.26 Å². The molecule has 0 saturated heterocycles. The molecule has 1 amide bonds. The van der Waals surface area contributed by atoms with Crippen LogP contribution in [0.2, 0.25) is 0 Å². The lowest BCUT2D eigenvalue weighted by atomic mass is 10.1. The summed E-state index contributed by atoms with van der Waals surface area (Å²) in [6, 6.07) is 9.73. The van der Waals surface area contributed by atoms with Crippen molar-refractivity contribution >= 4 is 44.5 Å². The smallest absolute Gasteiger partial charge is 0.270 e. The molecule has 4 aromatic rings. The Bertz CT molecular complexity index is 1380. The molecule has 144 valence electrons. The molecule has 0 aliphatic carbocycles. The quantitative estimate of drug-likeness (QED) is 0.444. The minimum atomic E-state index is -0.640. The molecule has 0 fully saturated rings. The van der Waals surface area contributed by atoms with Crippen LogP contribution in [0.1, 0.15) is 12.5 Å². The molecule has 4 rings (SSSR count). The normalized spacial score (nSPS) is 10.8. The number of anilines is 1. The second-order valence-electron chi connectivity index (χ2n) is 6.18. The van der Waals surface area contributed by atoms with E-state index in [1.165, 1.54) is 35.7 Å². The van der Waals surface area contributed by atoms with Crippen LogP contribution in [0, 0.1) is 17.1 Å².